The van der Waals surface area contributed by atoms with Crippen LogP contribution in [0.15, 0.2) is 52.1 Å². The first-order chi connectivity index (χ1) is 12.4. The van der Waals surface area contributed by atoms with Crippen LogP contribution in [0.25, 0.3) is 11.5 Å². The number of carbonyl (C=O) groups excluding carboxylic acids is 1. The number of rotatable bonds is 5. The minimum atomic E-state index is -0.362. The predicted molar refractivity (Wildman–Crippen MR) is 104 cm³/mol. The monoisotopic (exact) mass is 367 g/mol. The van der Waals surface area contributed by atoms with E-state index in [4.69, 9.17) is 4.42 Å². The van der Waals surface area contributed by atoms with E-state index in [2.05, 4.69) is 27.6 Å². The molecule has 1 aromatic heterocycles. The molecule has 1 amide bonds. The predicted octanol–water partition coefficient (Wildman–Crippen LogP) is 4.78. The van der Waals surface area contributed by atoms with E-state index >= 15 is 0 Å². The molecule has 0 aliphatic rings. The van der Waals surface area contributed by atoms with Gasteiger partial charge in [0.2, 0.25) is 11.8 Å². The molecular weight excluding hydrogens is 346 g/mol. The summed E-state index contributed by atoms with van der Waals surface area (Å²) in [7, 11) is 0. The zero-order chi connectivity index (χ0) is 18.7. The molecule has 0 fully saturated rings. The summed E-state index contributed by atoms with van der Waals surface area (Å²) in [4.78, 5) is 12.6. The van der Waals surface area contributed by atoms with Crippen LogP contribution in [0, 0.1) is 20.8 Å². The number of nitrogens with one attached hydrogen (secondary N) is 1. The molecule has 26 heavy (non-hydrogen) atoms. The number of thioether (sulfide) groups is 1. The van der Waals surface area contributed by atoms with Gasteiger partial charge in [-0.05, 0) is 51.0 Å². The molecule has 0 aliphatic carbocycles. The standard InChI is InChI=1S/C20H21N3O2S/c1-12-10-13(2)17(14(3)11-12)21-18(24)15(4)26-20-23-22-19(25-20)16-8-6-5-7-9-16/h5-11,15H,1-4H3,(H,21,24)/t15-/m0/s1. The van der Waals surface area contributed by atoms with Crippen LogP contribution >= 0.6 is 11.8 Å². The van der Waals surface area contributed by atoms with Crippen molar-refractivity contribution in [1.82, 2.24) is 10.2 Å². The molecule has 3 rings (SSSR count). The summed E-state index contributed by atoms with van der Waals surface area (Å²) in [6, 6.07) is 13.7. The minimum Gasteiger partial charge on any atom is -0.411 e. The molecule has 0 aliphatic heterocycles. The smallest absolute Gasteiger partial charge is 0.277 e. The maximum Gasteiger partial charge on any atom is 0.277 e. The van der Waals surface area contributed by atoms with E-state index < -0.39 is 0 Å². The fourth-order valence-electron chi connectivity index (χ4n) is 2.76. The molecule has 0 saturated heterocycles. The number of carbonyl (C=O) groups is 1. The third-order valence-corrected chi connectivity index (χ3v) is 4.93. The summed E-state index contributed by atoms with van der Waals surface area (Å²) in [5, 5.41) is 11.1. The van der Waals surface area contributed by atoms with Crippen molar-refractivity contribution in [2.45, 2.75) is 38.2 Å². The van der Waals surface area contributed by atoms with Crippen molar-refractivity contribution in [3.05, 3.63) is 59.2 Å². The van der Waals surface area contributed by atoms with Crippen molar-refractivity contribution in [2.75, 3.05) is 5.32 Å². The molecule has 1 heterocycles. The Kier molecular flexibility index (Phi) is 5.42. The number of aromatic nitrogens is 2. The first-order valence-corrected chi connectivity index (χ1v) is 9.26. The first-order valence-electron chi connectivity index (χ1n) is 8.38. The van der Waals surface area contributed by atoms with Crippen molar-refractivity contribution in [1.29, 1.82) is 0 Å². The second-order valence-electron chi connectivity index (χ2n) is 6.26. The second-order valence-corrected chi connectivity index (χ2v) is 7.55. The van der Waals surface area contributed by atoms with Crippen molar-refractivity contribution < 1.29 is 9.21 Å². The average Bonchev–Trinajstić information content (AvgIpc) is 3.07. The molecule has 3 aromatic rings. The molecule has 1 N–H and O–H groups in total. The van der Waals surface area contributed by atoms with Gasteiger partial charge < -0.3 is 9.73 Å². The van der Waals surface area contributed by atoms with Gasteiger partial charge in [0.15, 0.2) is 0 Å². The van der Waals surface area contributed by atoms with Crippen LogP contribution in [0.5, 0.6) is 0 Å². The van der Waals surface area contributed by atoms with Crippen LogP contribution in [-0.2, 0) is 4.79 Å². The highest BCUT2D eigenvalue weighted by molar-refractivity contribution is 8.00. The molecular formula is C20H21N3O2S. The van der Waals surface area contributed by atoms with Gasteiger partial charge in [0.1, 0.15) is 0 Å². The number of aryl methyl sites for hydroxylation is 3. The SMILES string of the molecule is Cc1cc(C)c(NC(=O)[C@H](C)Sc2nnc(-c3ccccc3)o2)c(C)c1. The molecule has 0 spiro atoms. The van der Waals surface area contributed by atoms with E-state index in [0.29, 0.717) is 11.1 Å². The summed E-state index contributed by atoms with van der Waals surface area (Å²) in [6.07, 6.45) is 0. The number of nitrogens with zero attached hydrogens (tertiary/aromatic N) is 2. The molecule has 0 radical (unpaired) electrons. The lowest BCUT2D eigenvalue weighted by Gasteiger charge is -2.15. The van der Waals surface area contributed by atoms with E-state index in [0.717, 1.165) is 22.4 Å². The van der Waals surface area contributed by atoms with E-state index in [1.54, 1.807) is 0 Å². The molecule has 5 nitrogen and oxygen atoms in total. The topological polar surface area (TPSA) is 68.0 Å². The zero-order valence-electron chi connectivity index (χ0n) is 15.2. The van der Waals surface area contributed by atoms with Gasteiger partial charge in [0.25, 0.3) is 5.22 Å². The Morgan fingerprint density at radius 2 is 1.73 bits per heavy atom. The summed E-state index contributed by atoms with van der Waals surface area (Å²) in [6.45, 7) is 7.87. The quantitative estimate of drug-likeness (QED) is 0.657. The Morgan fingerprint density at radius 1 is 1.08 bits per heavy atom. The van der Waals surface area contributed by atoms with Gasteiger partial charge in [-0.2, -0.15) is 0 Å². The highest BCUT2D eigenvalue weighted by Gasteiger charge is 2.20. The van der Waals surface area contributed by atoms with E-state index in [1.807, 2.05) is 58.0 Å². The first kappa shape index (κ1) is 18.2. The third kappa shape index (κ3) is 4.14. The van der Waals surface area contributed by atoms with Gasteiger partial charge in [-0.25, -0.2) is 0 Å². The lowest BCUT2D eigenvalue weighted by atomic mass is 10.1. The maximum atomic E-state index is 12.6. The Balaban J connectivity index is 1.68. The highest BCUT2D eigenvalue weighted by atomic mass is 32.2. The third-order valence-electron chi connectivity index (χ3n) is 4.00. The van der Waals surface area contributed by atoms with Crippen LogP contribution in [0.1, 0.15) is 23.6 Å². The molecule has 0 bridgehead atoms. The van der Waals surface area contributed by atoms with Gasteiger partial charge in [0, 0.05) is 11.3 Å². The van der Waals surface area contributed by atoms with Crippen LogP contribution in [0.3, 0.4) is 0 Å². The molecule has 0 unspecified atom stereocenters. The lowest BCUT2D eigenvalue weighted by molar-refractivity contribution is -0.115. The molecule has 6 heteroatoms. The fourth-order valence-corrected chi connectivity index (χ4v) is 3.44. The van der Waals surface area contributed by atoms with E-state index in [-0.39, 0.29) is 11.2 Å². The van der Waals surface area contributed by atoms with Crippen molar-refractivity contribution in [2.24, 2.45) is 0 Å². The van der Waals surface area contributed by atoms with Crippen LogP contribution in [0.2, 0.25) is 0 Å². The Labute approximate surface area is 157 Å². The highest BCUT2D eigenvalue weighted by Crippen LogP contribution is 2.28. The van der Waals surface area contributed by atoms with Gasteiger partial charge in [0.05, 0.1) is 5.25 Å². The van der Waals surface area contributed by atoms with Crippen molar-refractivity contribution in [3.8, 4) is 11.5 Å². The average molecular weight is 367 g/mol. The van der Waals surface area contributed by atoms with Gasteiger partial charge in [-0.3, -0.25) is 4.79 Å². The van der Waals surface area contributed by atoms with E-state index in [1.165, 1.54) is 17.3 Å². The van der Waals surface area contributed by atoms with Crippen molar-refractivity contribution in [3.63, 3.8) is 0 Å². The summed E-state index contributed by atoms with van der Waals surface area (Å²) < 4.78 is 5.66. The largest absolute Gasteiger partial charge is 0.411 e. The van der Waals surface area contributed by atoms with E-state index in [9.17, 15) is 4.79 Å². The number of benzene rings is 2. The number of hydrogen-bond donors (Lipinski definition) is 1. The number of amides is 1. The molecule has 0 saturated carbocycles. The zero-order valence-corrected chi connectivity index (χ0v) is 16.1. The van der Waals surface area contributed by atoms with Gasteiger partial charge in [-0.15, -0.1) is 10.2 Å². The van der Waals surface area contributed by atoms with Crippen LogP contribution in [-0.4, -0.2) is 21.4 Å². The summed E-state index contributed by atoms with van der Waals surface area (Å²) in [5.74, 6) is 0.357. The molecule has 1 atom stereocenters. The van der Waals surface area contributed by atoms with Gasteiger partial charge >= 0.3 is 0 Å². The Hall–Kier alpha value is -2.60. The summed E-state index contributed by atoms with van der Waals surface area (Å²) in [5.41, 5.74) is 5.01. The minimum absolute atomic E-state index is 0.0930. The van der Waals surface area contributed by atoms with Gasteiger partial charge in [-0.1, -0.05) is 47.7 Å². The van der Waals surface area contributed by atoms with Crippen LogP contribution in [0.4, 0.5) is 5.69 Å². The second kappa shape index (κ2) is 7.74. The molecule has 2 aromatic carbocycles. The summed E-state index contributed by atoms with van der Waals surface area (Å²) >= 11 is 1.25. The normalized spacial score (nSPS) is 12.0. The fraction of sp³-hybridized carbons (Fsp3) is 0.250. The number of anilines is 1. The lowest BCUT2D eigenvalue weighted by Crippen LogP contribution is -2.23. The Morgan fingerprint density at radius 3 is 2.38 bits per heavy atom. The van der Waals surface area contributed by atoms with Crippen molar-refractivity contribution >= 4 is 23.4 Å². The Bertz CT molecular complexity index is 899. The van der Waals surface area contributed by atoms with Crippen LogP contribution < -0.4 is 5.32 Å². The molecule has 134 valence electrons. The number of hydrogen-bond acceptors (Lipinski definition) is 5. The maximum absolute atomic E-state index is 12.6.